The van der Waals surface area contributed by atoms with E-state index >= 15 is 0 Å². The number of sulfone groups is 1. The number of hydrogen-bond donors (Lipinski definition) is 2. The van der Waals surface area contributed by atoms with Gasteiger partial charge in [-0.15, -0.1) is 0 Å². The van der Waals surface area contributed by atoms with Crippen LogP contribution in [-0.4, -0.2) is 43.3 Å². The maximum absolute atomic E-state index is 11.9. The summed E-state index contributed by atoms with van der Waals surface area (Å²) in [6.45, 7) is 1.78. The topological polar surface area (TPSA) is 106 Å². The fourth-order valence-electron chi connectivity index (χ4n) is 3.94. The molecule has 0 saturated heterocycles. The van der Waals surface area contributed by atoms with E-state index in [9.17, 15) is 8.42 Å². The number of aromatic nitrogens is 3. The van der Waals surface area contributed by atoms with Gasteiger partial charge in [-0.05, 0) is 53.9 Å². The van der Waals surface area contributed by atoms with Crippen LogP contribution in [-0.2, 0) is 22.8 Å². The van der Waals surface area contributed by atoms with Crippen LogP contribution in [0.2, 0.25) is 0 Å². The Kier molecular flexibility index (Phi) is 5.43. The smallest absolute Gasteiger partial charge is 0.227 e. The van der Waals surface area contributed by atoms with Crippen LogP contribution >= 0.6 is 0 Å². The van der Waals surface area contributed by atoms with Crippen LogP contribution in [0.5, 0.6) is 5.75 Å². The third kappa shape index (κ3) is 4.37. The molecule has 0 fully saturated rings. The lowest BCUT2D eigenvalue weighted by Gasteiger charge is -2.20. The Morgan fingerprint density at radius 2 is 1.91 bits per heavy atom. The second-order valence-corrected chi connectivity index (χ2v) is 10.0. The Balaban J connectivity index is 1.50. The van der Waals surface area contributed by atoms with E-state index in [-0.39, 0.29) is 4.90 Å². The minimum absolute atomic E-state index is 0.180. The maximum atomic E-state index is 11.9. The molecule has 9 heteroatoms. The molecule has 0 bridgehead atoms. The average molecular weight is 462 g/mol. The summed E-state index contributed by atoms with van der Waals surface area (Å²) in [5.74, 6) is 1.20. The van der Waals surface area contributed by atoms with Crippen LogP contribution in [0.25, 0.3) is 22.0 Å². The van der Waals surface area contributed by atoms with Crippen molar-refractivity contribution in [2.45, 2.75) is 17.9 Å². The first kappa shape index (κ1) is 21.3. The molecule has 2 N–H and O–H groups in total. The lowest BCUT2D eigenvalue weighted by atomic mass is 10.00. The van der Waals surface area contributed by atoms with Gasteiger partial charge in [0.05, 0.1) is 23.2 Å². The van der Waals surface area contributed by atoms with Crippen molar-refractivity contribution in [3.05, 3.63) is 66.1 Å². The molecule has 0 atom stereocenters. The molecule has 0 amide bonds. The number of anilines is 2. The van der Waals surface area contributed by atoms with Crippen molar-refractivity contribution >= 4 is 32.4 Å². The Labute approximate surface area is 192 Å². The number of ether oxygens (including phenoxy) is 1. The second kappa shape index (κ2) is 8.42. The Morgan fingerprint density at radius 1 is 1.03 bits per heavy atom. The van der Waals surface area contributed by atoms with Gasteiger partial charge >= 0.3 is 0 Å². The summed E-state index contributed by atoms with van der Waals surface area (Å²) in [5.41, 5.74) is 5.57. The number of pyridine rings is 1. The SMILES string of the molecule is COc1cc2c(cc1Nc1ncc3ccc(-c4cncc(S(C)(=O)=O)c4)cc3n1)CNCC2. The molecule has 0 aliphatic carbocycles. The molecular weight excluding hydrogens is 438 g/mol. The first-order chi connectivity index (χ1) is 15.9. The normalized spacial score (nSPS) is 13.5. The Bertz CT molecular complexity index is 1470. The van der Waals surface area contributed by atoms with Gasteiger partial charge < -0.3 is 15.4 Å². The van der Waals surface area contributed by atoms with Gasteiger partial charge in [0.1, 0.15) is 5.75 Å². The van der Waals surface area contributed by atoms with Gasteiger partial charge in [0.15, 0.2) is 9.84 Å². The molecule has 2 aromatic heterocycles. The molecular formula is C24H23N5O3S. The predicted octanol–water partition coefficient (Wildman–Crippen LogP) is 3.49. The zero-order valence-corrected chi connectivity index (χ0v) is 19.1. The molecule has 2 aromatic carbocycles. The molecule has 1 aliphatic heterocycles. The second-order valence-electron chi connectivity index (χ2n) is 8.02. The fraction of sp³-hybridized carbons (Fsp3) is 0.208. The van der Waals surface area contributed by atoms with E-state index in [1.165, 1.54) is 23.6 Å². The number of nitrogens with one attached hydrogen (secondary N) is 2. The third-order valence-corrected chi connectivity index (χ3v) is 6.79. The molecule has 33 heavy (non-hydrogen) atoms. The number of nitrogens with zero attached hydrogens (tertiary/aromatic N) is 3. The lowest BCUT2D eigenvalue weighted by molar-refractivity contribution is 0.415. The summed E-state index contributed by atoms with van der Waals surface area (Å²) in [5, 5.41) is 7.55. The Morgan fingerprint density at radius 3 is 2.73 bits per heavy atom. The van der Waals surface area contributed by atoms with E-state index in [1.807, 2.05) is 18.2 Å². The van der Waals surface area contributed by atoms with Crippen LogP contribution in [0.4, 0.5) is 11.6 Å². The van der Waals surface area contributed by atoms with Crippen molar-refractivity contribution in [2.24, 2.45) is 0 Å². The van der Waals surface area contributed by atoms with Crippen molar-refractivity contribution in [1.29, 1.82) is 0 Å². The van der Waals surface area contributed by atoms with Gasteiger partial charge in [0.2, 0.25) is 5.95 Å². The van der Waals surface area contributed by atoms with Crippen molar-refractivity contribution in [3.8, 4) is 16.9 Å². The summed E-state index contributed by atoms with van der Waals surface area (Å²) < 4.78 is 29.4. The summed E-state index contributed by atoms with van der Waals surface area (Å²) in [6.07, 6.45) is 6.89. The largest absolute Gasteiger partial charge is 0.495 e. The van der Waals surface area contributed by atoms with Gasteiger partial charge in [-0.1, -0.05) is 12.1 Å². The lowest BCUT2D eigenvalue weighted by Crippen LogP contribution is -2.23. The van der Waals surface area contributed by atoms with Crippen LogP contribution < -0.4 is 15.4 Å². The van der Waals surface area contributed by atoms with E-state index in [0.717, 1.165) is 47.4 Å². The van der Waals surface area contributed by atoms with E-state index in [1.54, 1.807) is 25.6 Å². The zero-order chi connectivity index (χ0) is 23.0. The van der Waals surface area contributed by atoms with Crippen LogP contribution in [0.1, 0.15) is 11.1 Å². The number of fused-ring (bicyclic) bond motifs is 2. The van der Waals surface area contributed by atoms with Gasteiger partial charge in [-0.3, -0.25) is 4.98 Å². The maximum Gasteiger partial charge on any atom is 0.227 e. The highest BCUT2D eigenvalue weighted by molar-refractivity contribution is 7.90. The molecule has 1 aliphatic rings. The van der Waals surface area contributed by atoms with E-state index in [2.05, 4.69) is 37.7 Å². The van der Waals surface area contributed by atoms with Gasteiger partial charge in [-0.25, -0.2) is 18.4 Å². The van der Waals surface area contributed by atoms with E-state index in [0.29, 0.717) is 11.5 Å². The van der Waals surface area contributed by atoms with Gasteiger partial charge in [-0.2, -0.15) is 0 Å². The summed E-state index contributed by atoms with van der Waals surface area (Å²) >= 11 is 0. The Hall–Kier alpha value is -3.56. The molecule has 5 rings (SSSR count). The zero-order valence-electron chi connectivity index (χ0n) is 18.3. The van der Waals surface area contributed by atoms with Crippen molar-refractivity contribution in [1.82, 2.24) is 20.3 Å². The van der Waals surface area contributed by atoms with Crippen molar-refractivity contribution in [2.75, 3.05) is 25.2 Å². The monoisotopic (exact) mass is 461 g/mol. The fourth-order valence-corrected chi connectivity index (χ4v) is 4.53. The standard InChI is InChI=1S/C24H23N5O3S/c1-32-23-10-16-5-6-25-11-19(16)9-22(23)29-24-27-13-17-4-3-15(8-21(17)28-24)18-7-20(14-26-12-18)33(2,30)31/h3-4,7-10,12-14,25H,5-6,11H2,1-2H3,(H,27,28,29). The molecule has 0 spiro atoms. The minimum Gasteiger partial charge on any atom is -0.495 e. The number of benzene rings is 2. The molecule has 168 valence electrons. The molecule has 0 saturated carbocycles. The highest BCUT2D eigenvalue weighted by Gasteiger charge is 2.15. The third-order valence-electron chi connectivity index (χ3n) is 5.71. The number of methoxy groups -OCH3 is 1. The van der Waals surface area contributed by atoms with E-state index < -0.39 is 9.84 Å². The van der Waals surface area contributed by atoms with Gasteiger partial charge in [0.25, 0.3) is 0 Å². The predicted molar refractivity (Wildman–Crippen MR) is 128 cm³/mol. The quantitative estimate of drug-likeness (QED) is 0.465. The van der Waals surface area contributed by atoms with Crippen LogP contribution in [0, 0.1) is 0 Å². The number of hydrogen-bond acceptors (Lipinski definition) is 8. The minimum atomic E-state index is -3.34. The highest BCUT2D eigenvalue weighted by Crippen LogP contribution is 2.32. The van der Waals surface area contributed by atoms with Crippen LogP contribution in [0.3, 0.4) is 0 Å². The van der Waals surface area contributed by atoms with Crippen LogP contribution in [0.15, 0.2) is 59.9 Å². The first-order valence-corrected chi connectivity index (χ1v) is 12.4. The molecule has 3 heterocycles. The van der Waals surface area contributed by atoms with Crippen molar-refractivity contribution in [3.63, 3.8) is 0 Å². The summed E-state index contributed by atoms with van der Waals surface area (Å²) in [4.78, 5) is 13.4. The number of rotatable bonds is 5. The van der Waals surface area contributed by atoms with Crippen molar-refractivity contribution < 1.29 is 13.2 Å². The first-order valence-electron chi connectivity index (χ1n) is 10.5. The highest BCUT2D eigenvalue weighted by atomic mass is 32.2. The molecule has 8 nitrogen and oxygen atoms in total. The molecule has 0 unspecified atom stereocenters. The van der Waals surface area contributed by atoms with E-state index in [4.69, 9.17) is 4.74 Å². The summed E-state index contributed by atoms with van der Waals surface area (Å²) in [7, 11) is -1.69. The molecule has 4 aromatic rings. The summed E-state index contributed by atoms with van der Waals surface area (Å²) in [6, 6.07) is 11.5. The van der Waals surface area contributed by atoms with Gasteiger partial charge in [0, 0.05) is 42.3 Å². The molecule has 0 radical (unpaired) electrons. The average Bonchev–Trinajstić information content (AvgIpc) is 2.82.